The van der Waals surface area contributed by atoms with E-state index in [1.165, 1.54) is 44.3 Å². The van der Waals surface area contributed by atoms with E-state index in [9.17, 15) is 43.9 Å². The first-order valence-electron chi connectivity index (χ1n) is 19.1. The van der Waals surface area contributed by atoms with Gasteiger partial charge in [0.05, 0.1) is 3.57 Å². The molecule has 0 bridgehead atoms. The third-order valence-electron chi connectivity index (χ3n) is 10.1. The van der Waals surface area contributed by atoms with Crippen LogP contribution in [0.3, 0.4) is 0 Å². The highest BCUT2D eigenvalue weighted by Gasteiger charge is 2.25. The molecule has 10 rings (SSSR count). The van der Waals surface area contributed by atoms with Crippen LogP contribution >= 0.6 is 22.6 Å². The molecule has 0 unspecified atom stereocenters. The van der Waals surface area contributed by atoms with Crippen molar-refractivity contribution < 1.29 is 48.7 Å². The van der Waals surface area contributed by atoms with E-state index in [-0.39, 0.29) is 0 Å². The molecule has 0 saturated carbocycles. The summed E-state index contributed by atoms with van der Waals surface area (Å²) in [7, 11) is 0. The highest BCUT2D eigenvalue weighted by molar-refractivity contribution is 14.1. The van der Waals surface area contributed by atoms with Crippen molar-refractivity contribution in [3.8, 4) is 24.2 Å². The summed E-state index contributed by atoms with van der Waals surface area (Å²) in [6.45, 7) is 7.71. The second-order valence-electron chi connectivity index (χ2n) is 13.7. The Labute approximate surface area is 383 Å². The maximum absolute atomic E-state index is 13.9. The summed E-state index contributed by atoms with van der Waals surface area (Å²) in [5.74, 6) is -10.7. The Kier molecular flexibility index (Phi) is 14.9. The SMILES string of the molecule is C#Cc1ccc2ccc3cccc4ccc1c2c34.C=C.CC=C=C=O.Fc1c(F)c(F)c(C#Cc2ccc3ccc4cccc5ccc2c3c45)c(F)c1F.Fc1c(F)c(F)c(I)c(F)c1F. The fourth-order valence-corrected chi connectivity index (χ4v) is 7.66. The molecule has 0 aliphatic rings. The summed E-state index contributed by atoms with van der Waals surface area (Å²) in [4.78, 5) is 9.14. The Hall–Kier alpha value is -7.60. The molecule has 0 amide bonds. The first kappa shape index (κ1) is 47.9. The summed E-state index contributed by atoms with van der Waals surface area (Å²) in [6, 6.07) is 36.3. The van der Waals surface area contributed by atoms with Gasteiger partial charge in [-0.25, -0.2) is 48.7 Å². The lowest BCUT2D eigenvalue weighted by atomic mass is 9.92. The van der Waals surface area contributed by atoms with Crippen LogP contribution in [-0.2, 0) is 4.79 Å². The Morgan fingerprint density at radius 1 is 0.455 bits per heavy atom. The lowest BCUT2D eigenvalue weighted by Crippen LogP contribution is -2.04. The number of hydrogen-bond donors (Lipinski definition) is 0. The molecule has 0 aromatic heterocycles. The molecule has 1 nitrogen and oxygen atoms in total. The minimum Gasteiger partial charge on any atom is -0.224 e. The fraction of sp³-hybridized carbons (Fsp3) is 0.0185. The second-order valence-corrected chi connectivity index (χ2v) is 14.8. The van der Waals surface area contributed by atoms with Gasteiger partial charge in [-0.1, -0.05) is 115 Å². The van der Waals surface area contributed by atoms with Gasteiger partial charge in [-0.3, -0.25) is 0 Å². The lowest BCUT2D eigenvalue weighted by Gasteiger charge is -2.11. The summed E-state index contributed by atoms with van der Waals surface area (Å²) in [5.41, 5.74) is 2.44. The summed E-state index contributed by atoms with van der Waals surface area (Å²) in [5, 5.41) is 13.3. The number of rotatable bonds is 0. The van der Waals surface area contributed by atoms with Gasteiger partial charge in [-0.2, -0.15) is 0 Å². The van der Waals surface area contributed by atoms with E-state index >= 15 is 0 Å². The zero-order valence-corrected chi connectivity index (χ0v) is 36.2. The van der Waals surface area contributed by atoms with E-state index < -0.39 is 67.3 Å². The monoisotopic (exact) mass is 1010 g/mol. The molecule has 66 heavy (non-hydrogen) atoms. The zero-order chi connectivity index (χ0) is 48.0. The van der Waals surface area contributed by atoms with Gasteiger partial charge < -0.3 is 0 Å². The zero-order valence-electron chi connectivity index (χ0n) is 34.0. The lowest BCUT2D eigenvalue weighted by molar-refractivity contribution is 0.373. The third-order valence-corrected chi connectivity index (χ3v) is 11.1. The summed E-state index contributed by atoms with van der Waals surface area (Å²) >= 11 is 1.04. The van der Waals surface area contributed by atoms with E-state index in [1.807, 2.05) is 54.6 Å². The van der Waals surface area contributed by atoms with Gasteiger partial charge in [-0.05, 0) is 118 Å². The fourth-order valence-electron chi connectivity index (χ4n) is 7.19. The molecule has 0 radical (unpaired) electrons. The van der Waals surface area contributed by atoms with Crippen molar-refractivity contribution in [2.75, 3.05) is 0 Å². The van der Waals surface area contributed by atoms with Crippen LogP contribution in [0, 0.1) is 85.9 Å². The quantitative estimate of drug-likeness (QED) is 0.0170. The molecule has 0 saturated heterocycles. The highest BCUT2D eigenvalue weighted by atomic mass is 127. The van der Waals surface area contributed by atoms with Crippen LogP contribution < -0.4 is 0 Å². The Bertz CT molecular complexity index is 3520. The number of terminal acetylenes is 1. The van der Waals surface area contributed by atoms with Crippen molar-refractivity contribution in [3.63, 3.8) is 0 Å². The Morgan fingerprint density at radius 2 is 0.788 bits per heavy atom. The van der Waals surface area contributed by atoms with Crippen LogP contribution in [0.2, 0.25) is 0 Å². The molecule has 10 aromatic rings. The van der Waals surface area contributed by atoms with Crippen molar-refractivity contribution in [1.29, 1.82) is 0 Å². The number of hydrogen-bond acceptors (Lipinski definition) is 1. The molecule has 12 heteroatoms. The van der Waals surface area contributed by atoms with Gasteiger partial charge in [-0.15, -0.1) is 19.6 Å². The summed E-state index contributed by atoms with van der Waals surface area (Å²) < 4.78 is 129. The van der Waals surface area contributed by atoms with E-state index in [1.54, 1.807) is 13.0 Å². The molecule has 0 heterocycles. The van der Waals surface area contributed by atoms with Crippen LogP contribution in [0.25, 0.3) is 64.6 Å². The minimum absolute atomic E-state index is 0.430. The molecule has 10 aromatic carbocycles. The summed E-state index contributed by atoms with van der Waals surface area (Å²) in [6.07, 6.45) is 7.11. The Morgan fingerprint density at radius 3 is 1.17 bits per heavy atom. The molecular weight excluding hydrogens is 981 g/mol. The van der Waals surface area contributed by atoms with E-state index in [4.69, 9.17) is 11.2 Å². The van der Waals surface area contributed by atoms with Crippen molar-refractivity contribution >= 4 is 93.2 Å². The number of carbonyl (C=O) groups excluding carboxylic acids is 1. The number of allylic oxidation sites excluding steroid dienone is 1. The topological polar surface area (TPSA) is 17.1 Å². The maximum atomic E-state index is 13.9. The average molecular weight is 1010 g/mol. The van der Waals surface area contributed by atoms with Crippen LogP contribution in [0.4, 0.5) is 43.9 Å². The van der Waals surface area contributed by atoms with Crippen LogP contribution in [0.5, 0.6) is 0 Å². The van der Waals surface area contributed by atoms with Crippen molar-refractivity contribution in [2.45, 2.75) is 6.92 Å². The largest absolute Gasteiger partial charge is 0.224 e. The minimum atomic E-state index is -2.20. The molecule has 0 aliphatic carbocycles. The predicted octanol–water partition coefficient (Wildman–Crippen LogP) is 15.6. The molecule has 326 valence electrons. The average Bonchev–Trinajstić information content (AvgIpc) is 3.35. The Balaban J connectivity index is 0.000000166. The van der Waals surface area contributed by atoms with E-state index in [0.717, 1.165) is 60.5 Å². The third kappa shape index (κ3) is 8.91. The molecule has 0 spiro atoms. The molecular formula is C54H27F10IO. The normalized spacial score (nSPS) is 10.3. The van der Waals surface area contributed by atoms with Crippen LogP contribution in [-0.4, -0.2) is 5.94 Å². The molecule has 0 atom stereocenters. The first-order valence-corrected chi connectivity index (χ1v) is 20.2. The van der Waals surface area contributed by atoms with Gasteiger partial charge in [0.2, 0.25) is 11.6 Å². The standard InChI is InChI=1S/C24H9F5.C18H10.C6F5I.C4H4O.C2H4/c25-20-17(21(26)23(28)24(29)22(20)27)11-8-12-4-5-15-7-6-13-2-1-3-14-9-10-16(12)19(15)18(13)14;1-2-12-6-7-15-9-8-13-4-3-5-14-10-11-16(12)18(15)17(13)14;7-1-2(8)4(10)6(12)5(11)3(1)9;1-2-3-4-5;1-2/h1-7,9-10H;1,3-11H;;2H,1H3;1-2H2. The van der Waals surface area contributed by atoms with Crippen molar-refractivity contribution in [2.24, 2.45) is 0 Å². The van der Waals surface area contributed by atoms with E-state index in [0.29, 0.717) is 5.56 Å². The van der Waals surface area contributed by atoms with Gasteiger partial charge in [0.1, 0.15) is 5.56 Å². The predicted molar refractivity (Wildman–Crippen MR) is 250 cm³/mol. The number of halogens is 11. The van der Waals surface area contributed by atoms with Gasteiger partial charge in [0.25, 0.3) is 0 Å². The first-order chi connectivity index (χ1) is 31.7. The van der Waals surface area contributed by atoms with Crippen LogP contribution in [0.1, 0.15) is 23.6 Å². The van der Waals surface area contributed by atoms with E-state index in [2.05, 4.69) is 85.2 Å². The molecule has 0 N–H and O–H groups in total. The van der Waals surface area contributed by atoms with Gasteiger partial charge in [0.15, 0.2) is 52.5 Å². The molecule has 0 fully saturated rings. The maximum Gasteiger partial charge on any atom is 0.200 e. The van der Waals surface area contributed by atoms with Gasteiger partial charge in [0, 0.05) is 11.1 Å². The van der Waals surface area contributed by atoms with Crippen molar-refractivity contribution in [1.82, 2.24) is 0 Å². The molecule has 0 aliphatic heterocycles. The smallest absolute Gasteiger partial charge is 0.200 e. The second kappa shape index (κ2) is 20.5. The highest BCUT2D eigenvalue weighted by Crippen LogP contribution is 2.37. The van der Waals surface area contributed by atoms with Crippen molar-refractivity contribution in [3.05, 3.63) is 213 Å². The number of benzene rings is 10. The van der Waals surface area contributed by atoms with Gasteiger partial charge >= 0.3 is 0 Å². The van der Waals surface area contributed by atoms with Crippen LogP contribution in [0.15, 0.2) is 134 Å².